The van der Waals surface area contributed by atoms with Crippen molar-refractivity contribution in [2.24, 2.45) is 5.92 Å². The monoisotopic (exact) mass is 446 g/mol. The number of hydrogen-bond acceptors (Lipinski definition) is 7. The Morgan fingerprint density at radius 3 is 2.96 bits per heavy atom. The van der Waals surface area contributed by atoms with Crippen LogP contribution in [0.1, 0.15) is 18.4 Å². The van der Waals surface area contributed by atoms with Crippen molar-refractivity contribution in [2.45, 2.75) is 22.9 Å². The zero-order chi connectivity index (χ0) is 19.4. The predicted molar refractivity (Wildman–Crippen MR) is 109 cm³/mol. The molecule has 146 valence electrons. The molecule has 1 aliphatic heterocycles. The number of benzene rings is 1. The van der Waals surface area contributed by atoms with E-state index in [0.29, 0.717) is 35.1 Å². The Bertz CT molecular complexity index is 919. The van der Waals surface area contributed by atoms with E-state index in [-0.39, 0.29) is 18.2 Å². The van der Waals surface area contributed by atoms with Gasteiger partial charge in [0, 0.05) is 18.1 Å². The number of nitrogens with one attached hydrogen (secondary N) is 1. The van der Waals surface area contributed by atoms with Crippen molar-refractivity contribution < 1.29 is 13.2 Å². The van der Waals surface area contributed by atoms with Crippen molar-refractivity contribution in [1.29, 1.82) is 0 Å². The minimum atomic E-state index is -3.53. The maximum atomic E-state index is 12.8. The lowest BCUT2D eigenvalue weighted by atomic mass is 9.99. The Labute approximate surface area is 171 Å². The molecule has 1 aromatic carbocycles. The molecule has 1 N–H and O–H groups in total. The lowest BCUT2D eigenvalue weighted by molar-refractivity contribution is -0.120. The van der Waals surface area contributed by atoms with Crippen LogP contribution in [0.25, 0.3) is 0 Å². The average Bonchev–Trinajstić information content (AvgIpc) is 3.09. The lowest BCUT2D eigenvalue weighted by Crippen LogP contribution is -2.44. The molecule has 0 radical (unpaired) electrons. The molecule has 0 bridgehead atoms. The van der Waals surface area contributed by atoms with Crippen LogP contribution in [0.15, 0.2) is 28.6 Å². The fourth-order valence-electron chi connectivity index (χ4n) is 2.89. The van der Waals surface area contributed by atoms with E-state index < -0.39 is 15.9 Å². The van der Waals surface area contributed by atoms with Crippen molar-refractivity contribution in [2.75, 3.05) is 24.7 Å². The van der Waals surface area contributed by atoms with Crippen LogP contribution < -0.4 is 5.32 Å². The molecule has 11 heteroatoms. The van der Waals surface area contributed by atoms with Gasteiger partial charge in [-0.25, -0.2) is 12.7 Å². The van der Waals surface area contributed by atoms with Crippen LogP contribution in [0, 0.1) is 5.92 Å². The van der Waals surface area contributed by atoms with Gasteiger partial charge in [-0.15, -0.1) is 10.2 Å². The molecule has 0 aliphatic carbocycles. The molecule has 2 aromatic rings. The summed E-state index contributed by atoms with van der Waals surface area (Å²) < 4.78 is 27.7. The SMILES string of the molecule is CSc1nnc(NC(=O)C2CCCN(S(=O)(=O)Cc3cccc(Cl)c3)C2)s1. The fraction of sp³-hybridized carbons (Fsp3) is 0.438. The normalized spacial score (nSPS) is 18.4. The summed E-state index contributed by atoms with van der Waals surface area (Å²) in [4.78, 5) is 12.5. The third-order valence-electron chi connectivity index (χ3n) is 4.20. The average molecular weight is 447 g/mol. The number of sulfonamides is 1. The van der Waals surface area contributed by atoms with Gasteiger partial charge in [0.2, 0.25) is 21.1 Å². The first-order valence-electron chi connectivity index (χ1n) is 8.28. The van der Waals surface area contributed by atoms with E-state index in [9.17, 15) is 13.2 Å². The summed E-state index contributed by atoms with van der Waals surface area (Å²) in [5.41, 5.74) is 0.632. The first kappa shape index (κ1) is 20.5. The molecule has 1 aliphatic rings. The number of rotatable bonds is 6. The van der Waals surface area contributed by atoms with E-state index in [2.05, 4.69) is 15.5 Å². The molecule has 1 aromatic heterocycles. The minimum absolute atomic E-state index is 0.130. The maximum absolute atomic E-state index is 12.8. The maximum Gasteiger partial charge on any atom is 0.230 e. The quantitative estimate of drug-likeness (QED) is 0.541. The third-order valence-corrected chi connectivity index (χ3v) is 8.06. The summed E-state index contributed by atoms with van der Waals surface area (Å²) in [6, 6.07) is 6.81. The molecule has 0 spiro atoms. The number of thioether (sulfide) groups is 1. The highest BCUT2D eigenvalue weighted by atomic mass is 35.5. The molecule has 1 fully saturated rings. The zero-order valence-corrected chi connectivity index (χ0v) is 17.8. The Morgan fingerprint density at radius 2 is 2.26 bits per heavy atom. The summed E-state index contributed by atoms with van der Waals surface area (Å²) in [5.74, 6) is -0.758. The Kier molecular flexibility index (Phi) is 6.74. The second-order valence-corrected chi connectivity index (χ2v) is 10.6. The lowest BCUT2D eigenvalue weighted by Gasteiger charge is -2.31. The van der Waals surface area contributed by atoms with Gasteiger partial charge in [-0.3, -0.25) is 4.79 Å². The number of carbonyl (C=O) groups excluding carboxylic acids is 1. The van der Waals surface area contributed by atoms with Crippen LogP contribution in [0.5, 0.6) is 0 Å². The number of halogens is 1. The van der Waals surface area contributed by atoms with Crippen molar-refractivity contribution >= 4 is 55.8 Å². The number of aromatic nitrogens is 2. The number of anilines is 1. The van der Waals surface area contributed by atoms with Gasteiger partial charge in [-0.2, -0.15) is 0 Å². The summed E-state index contributed by atoms with van der Waals surface area (Å²) in [5, 5.41) is 11.5. The van der Waals surface area contributed by atoms with Gasteiger partial charge in [-0.1, -0.05) is 46.8 Å². The molecule has 7 nitrogen and oxygen atoms in total. The smallest absolute Gasteiger partial charge is 0.230 e. The van der Waals surface area contributed by atoms with E-state index >= 15 is 0 Å². The van der Waals surface area contributed by atoms with Crippen LogP contribution in [-0.2, 0) is 20.6 Å². The minimum Gasteiger partial charge on any atom is -0.300 e. The van der Waals surface area contributed by atoms with Gasteiger partial charge in [0.1, 0.15) is 0 Å². The van der Waals surface area contributed by atoms with Crippen molar-refractivity contribution in [3.8, 4) is 0 Å². The van der Waals surface area contributed by atoms with E-state index in [4.69, 9.17) is 11.6 Å². The van der Waals surface area contributed by atoms with Crippen LogP contribution in [0.4, 0.5) is 5.13 Å². The van der Waals surface area contributed by atoms with Crippen LogP contribution in [-0.4, -0.2) is 48.2 Å². The molecule has 1 amide bonds. The molecule has 1 atom stereocenters. The first-order valence-corrected chi connectivity index (χ1v) is 12.3. The molecular formula is C16H19ClN4O3S3. The summed E-state index contributed by atoms with van der Waals surface area (Å²) in [6.45, 7) is 0.588. The molecule has 1 unspecified atom stereocenters. The summed E-state index contributed by atoms with van der Waals surface area (Å²) in [6.07, 6.45) is 3.16. The number of amides is 1. The molecule has 1 saturated heterocycles. The third kappa shape index (κ3) is 5.41. The molecule has 0 saturated carbocycles. The zero-order valence-electron chi connectivity index (χ0n) is 14.6. The number of piperidine rings is 1. The van der Waals surface area contributed by atoms with Gasteiger partial charge in [0.05, 0.1) is 11.7 Å². The highest BCUT2D eigenvalue weighted by Crippen LogP contribution is 2.26. The van der Waals surface area contributed by atoms with Crippen LogP contribution in [0.3, 0.4) is 0 Å². The number of carbonyl (C=O) groups is 1. The number of hydrogen-bond donors (Lipinski definition) is 1. The second-order valence-electron chi connectivity index (χ2n) is 6.15. The van der Waals surface area contributed by atoms with E-state index in [1.807, 2.05) is 6.26 Å². The fourth-order valence-corrected chi connectivity index (χ4v) is 5.87. The highest BCUT2D eigenvalue weighted by Gasteiger charge is 2.32. The van der Waals surface area contributed by atoms with Gasteiger partial charge in [0.25, 0.3) is 0 Å². The Morgan fingerprint density at radius 1 is 1.44 bits per heavy atom. The van der Waals surface area contributed by atoms with E-state index in [1.165, 1.54) is 27.4 Å². The van der Waals surface area contributed by atoms with Crippen LogP contribution in [0.2, 0.25) is 5.02 Å². The summed E-state index contributed by atoms with van der Waals surface area (Å²) in [7, 11) is -3.53. The van der Waals surface area contributed by atoms with Gasteiger partial charge < -0.3 is 5.32 Å². The van der Waals surface area contributed by atoms with Crippen LogP contribution >= 0.6 is 34.7 Å². The van der Waals surface area contributed by atoms with Crippen molar-refractivity contribution in [3.63, 3.8) is 0 Å². The topological polar surface area (TPSA) is 92.3 Å². The highest BCUT2D eigenvalue weighted by molar-refractivity contribution is 8.00. The summed E-state index contributed by atoms with van der Waals surface area (Å²) >= 11 is 8.69. The number of nitrogens with zero attached hydrogens (tertiary/aromatic N) is 3. The standard InChI is InChI=1S/C16H19ClN4O3S3/c1-25-16-20-19-15(26-16)18-14(22)12-5-3-7-21(9-12)27(23,24)10-11-4-2-6-13(17)8-11/h2,4,6,8,12H,3,5,7,9-10H2,1H3,(H,18,19,22). The van der Waals surface area contributed by atoms with Gasteiger partial charge in [-0.05, 0) is 36.8 Å². The molecule has 27 heavy (non-hydrogen) atoms. The largest absolute Gasteiger partial charge is 0.300 e. The Hall–Kier alpha value is -1.20. The van der Waals surface area contributed by atoms with Crippen molar-refractivity contribution in [3.05, 3.63) is 34.9 Å². The van der Waals surface area contributed by atoms with E-state index in [0.717, 1.165) is 4.34 Å². The molecule has 3 rings (SSSR count). The predicted octanol–water partition coefficient (Wildman–Crippen LogP) is 3.09. The van der Waals surface area contributed by atoms with Crippen molar-refractivity contribution in [1.82, 2.24) is 14.5 Å². The molecule has 2 heterocycles. The molecular weight excluding hydrogens is 428 g/mol. The second kappa shape index (κ2) is 8.87. The first-order chi connectivity index (χ1) is 12.9. The van der Waals surface area contributed by atoms with Gasteiger partial charge >= 0.3 is 0 Å². The Balaban J connectivity index is 1.64. The van der Waals surface area contributed by atoms with E-state index in [1.54, 1.807) is 24.3 Å². The van der Waals surface area contributed by atoms with Gasteiger partial charge in [0.15, 0.2) is 4.34 Å².